The van der Waals surface area contributed by atoms with E-state index in [0.717, 1.165) is 5.56 Å². The number of fused-ring (bicyclic) bond motifs is 1. The normalized spacial score (nSPS) is 13.6. The molecule has 2 aromatic rings. The molecule has 132 valence electrons. The molecule has 5 nitrogen and oxygen atoms in total. The maximum atomic E-state index is 13.0. The van der Waals surface area contributed by atoms with Crippen molar-refractivity contribution in [3.63, 3.8) is 0 Å². The van der Waals surface area contributed by atoms with Crippen LogP contribution in [0.4, 0.5) is 0 Å². The Hall–Kier alpha value is -2.31. The highest BCUT2D eigenvalue weighted by Gasteiger charge is 2.25. The van der Waals surface area contributed by atoms with Gasteiger partial charge < -0.3 is 9.47 Å². The Labute approximate surface area is 148 Å². The molecule has 1 aliphatic rings. The van der Waals surface area contributed by atoms with Gasteiger partial charge in [0.05, 0.1) is 4.90 Å². The van der Waals surface area contributed by atoms with E-state index >= 15 is 0 Å². The van der Waals surface area contributed by atoms with Gasteiger partial charge in [-0.2, -0.15) is 4.31 Å². The van der Waals surface area contributed by atoms with Crippen molar-refractivity contribution in [2.24, 2.45) is 0 Å². The first-order chi connectivity index (χ1) is 12.1. The van der Waals surface area contributed by atoms with E-state index in [1.165, 1.54) is 10.4 Å². The fourth-order valence-corrected chi connectivity index (χ4v) is 4.11. The van der Waals surface area contributed by atoms with Crippen molar-refractivity contribution < 1.29 is 17.9 Å². The van der Waals surface area contributed by atoms with Gasteiger partial charge in [-0.1, -0.05) is 36.4 Å². The van der Waals surface area contributed by atoms with Crippen LogP contribution in [-0.4, -0.2) is 39.0 Å². The molecule has 0 bridgehead atoms. The molecule has 0 aromatic heterocycles. The predicted molar refractivity (Wildman–Crippen MR) is 96.5 cm³/mol. The fraction of sp³-hybridized carbons (Fsp3) is 0.263. The Morgan fingerprint density at radius 2 is 1.76 bits per heavy atom. The lowest BCUT2D eigenvalue weighted by Gasteiger charge is -2.23. The average Bonchev–Trinajstić information content (AvgIpc) is 2.65. The van der Waals surface area contributed by atoms with Crippen LogP contribution in [0.15, 0.2) is 66.1 Å². The number of hydrogen-bond acceptors (Lipinski definition) is 4. The van der Waals surface area contributed by atoms with Crippen molar-refractivity contribution >= 4 is 10.0 Å². The predicted octanol–water partition coefficient (Wildman–Crippen LogP) is 2.88. The molecule has 0 aliphatic carbocycles. The average molecular weight is 359 g/mol. The largest absolute Gasteiger partial charge is 0.486 e. The molecule has 0 spiro atoms. The molecule has 1 heterocycles. The number of benzene rings is 2. The molecule has 2 aromatic carbocycles. The summed E-state index contributed by atoms with van der Waals surface area (Å²) >= 11 is 0. The summed E-state index contributed by atoms with van der Waals surface area (Å²) in [6.07, 6.45) is 2.24. The zero-order chi connectivity index (χ0) is 17.7. The zero-order valence-corrected chi connectivity index (χ0v) is 14.7. The van der Waals surface area contributed by atoms with Crippen LogP contribution in [0.3, 0.4) is 0 Å². The van der Waals surface area contributed by atoms with Crippen LogP contribution in [0.5, 0.6) is 11.5 Å². The Bertz CT molecular complexity index is 834. The van der Waals surface area contributed by atoms with Crippen molar-refractivity contribution in [2.75, 3.05) is 26.3 Å². The monoisotopic (exact) mass is 359 g/mol. The van der Waals surface area contributed by atoms with Crippen LogP contribution >= 0.6 is 0 Å². The topological polar surface area (TPSA) is 55.8 Å². The van der Waals surface area contributed by atoms with E-state index in [9.17, 15) is 8.42 Å². The first-order valence-corrected chi connectivity index (χ1v) is 9.60. The molecule has 25 heavy (non-hydrogen) atoms. The molecule has 0 saturated carbocycles. The minimum atomic E-state index is -3.64. The smallest absolute Gasteiger partial charge is 0.243 e. The number of rotatable bonds is 7. The number of nitrogens with zero attached hydrogens (tertiary/aromatic N) is 1. The summed E-state index contributed by atoms with van der Waals surface area (Å²) in [4.78, 5) is 0.201. The lowest BCUT2D eigenvalue weighted by molar-refractivity contribution is 0.171. The van der Waals surface area contributed by atoms with E-state index in [4.69, 9.17) is 9.47 Å². The molecule has 0 radical (unpaired) electrons. The van der Waals surface area contributed by atoms with E-state index in [1.54, 1.807) is 18.2 Å². The standard InChI is InChI=1S/C19H21NO4S/c1-2-11-20(12-10-16-6-4-3-5-7-16)25(21,22)17-8-9-18-19(15-17)24-14-13-23-18/h2-9,15H,1,10-14H2. The summed E-state index contributed by atoms with van der Waals surface area (Å²) in [7, 11) is -3.64. The molecular weight excluding hydrogens is 338 g/mol. The molecule has 0 fully saturated rings. The summed E-state index contributed by atoms with van der Waals surface area (Å²) in [6, 6.07) is 14.5. The third-order valence-corrected chi connectivity index (χ3v) is 5.84. The molecule has 0 N–H and O–H groups in total. The first kappa shape index (κ1) is 17.5. The van der Waals surface area contributed by atoms with Gasteiger partial charge in [0.2, 0.25) is 10.0 Å². The van der Waals surface area contributed by atoms with Gasteiger partial charge in [-0.3, -0.25) is 0 Å². The Morgan fingerprint density at radius 3 is 2.48 bits per heavy atom. The van der Waals surface area contributed by atoms with Gasteiger partial charge in [0.1, 0.15) is 13.2 Å². The quantitative estimate of drug-likeness (QED) is 0.714. The highest BCUT2D eigenvalue weighted by molar-refractivity contribution is 7.89. The SMILES string of the molecule is C=CCN(CCc1ccccc1)S(=O)(=O)c1ccc2c(c1)OCCO2. The second-order valence-corrected chi connectivity index (χ2v) is 7.63. The van der Waals surface area contributed by atoms with Crippen molar-refractivity contribution in [3.05, 3.63) is 66.7 Å². The molecule has 0 saturated heterocycles. The summed E-state index contributed by atoms with van der Waals surface area (Å²) in [5.74, 6) is 1.04. The van der Waals surface area contributed by atoms with Gasteiger partial charge in [0.15, 0.2) is 11.5 Å². The van der Waals surface area contributed by atoms with Gasteiger partial charge in [-0.25, -0.2) is 8.42 Å². The molecule has 1 aliphatic heterocycles. The van der Waals surface area contributed by atoms with Gasteiger partial charge in [0.25, 0.3) is 0 Å². The van der Waals surface area contributed by atoms with Crippen LogP contribution in [0.2, 0.25) is 0 Å². The van der Waals surface area contributed by atoms with E-state index in [1.807, 2.05) is 30.3 Å². The molecular formula is C19H21NO4S. The lowest BCUT2D eigenvalue weighted by atomic mass is 10.1. The van der Waals surface area contributed by atoms with Crippen LogP contribution in [-0.2, 0) is 16.4 Å². The third kappa shape index (κ3) is 4.03. The Kier molecular flexibility index (Phi) is 5.40. The van der Waals surface area contributed by atoms with E-state index in [-0.39, 0.29) is 11.4 Å². The lowest BCUT2D eigenvalue weighted by Crippen LogP contribution is -2.33. The summed E-state index contributed by atoms with van der Waals surface area (Å²) < 4.78 is 38.4. The maximum Gasteiger partial charge on any atom is 0.243 e. The second-order valence-electron chi connectivity index (χ2n) is 5.69. The summed E-state index contributed by atoms with van der Waals surface area (Å²) in [5, 5.41) is 0. The molecule has 0 unspecified atom stereocenters. The highest BCUT2D eigenvalue weighted by Crippen LogP contribution is 2.33. The summed E-state index contributed by atoms with van der Waals surface area (Å²) in [5.41, 5.74) is 1.09. The van der Waals surface area contributed by atoms with E-state index in [0.29, 0.717) is 37.7 Å². The molecule has 0 amide bonds. The first-order valence-electron chi connectivity index (χ1n) is 8.16. The minimum Gasteiger partial charge on any atom is -0.486 e. The van der Waals surface area contributed by atoms with Crippen LogP contribution in [0.25, 0.3) is 0 Å². The Balaban J connectivity index is 1.82. The minimum absolute atomic E-state index is 0.201. The maximum absolute atomic E-state index is 13.0. The van der Waals surface area contributed by atoms with Crippen LogP contribution in [0, 0.1) is 0 Å². The second kappa shape index (κ2) is 7.72. The van der Waals surface area contributed by atoms with E-state index in [2.05, 4.69) is 6.58 Å². The number of hydrogen-bond donors (Lipinski definition) is 0. The third-order valence-electron chi connectivity index (χ3n) is 3.98. The fourth-order valence-electron chi connectivity index (χ4n) is 2.69. The molecule has 0 atom stereocenters. The number of sulfonamides is 1. The van der Waals surface area contributed by atoms with Crippen molar-refractivity contribution in [2.45, 2.75) is 11.3 Å². The van der Waals surface area contributed by atoms with Gasteiger partial charge in [-0.05, 0) is 24.1 Å². The highest BCUT2D eigenvalue weighted by atomic mass is 32.2. The Morgan fingerprint density at radius 1 is 1.04 bits per heavy atom. The van der Waals surface area contributed by atoms with Gasteiger partial charge in [-0.15, -0.1) is 6.58 Å². The van der Waals surface area contributed by atoms with Crippen LogP contribution < -0.4 is 9.47 Å². The van der Waals surface area contributed by atoms with Crippen LogP contribution in [0.1, 0.15) is 5.56 Å². The molecule has 3 rings (SSSR count). The molecule has 6 heteroatoms. The van der Waals surface area contributed by atoms with Crippen molar-refractivity contribution in [3.8, 4) is 11.5 Å². The van der Waals surface area contributed by atoms with E-state index < -0.39 is 10.0 Å². The summed E-state index contributed by atoms with van der Waals surface area (Å²) in [6.45, 7) is 5.21. The zero-order valence-electron chi connectivity index (χ0n) is 13.9. The van der Waals surface area contributed by atoms with Gasteiger partial charge in [0, 0.05) is 19.2 Å². The van der Waals surface area contributed by atoms with Crippen molar-refractivity contribution in [1.29, 1.82) is 0 Å². The number of ether oxygens (including phenoxy) is 2. The van der Waals surface area contributed by atoms with Crippen molar-refractivity contribution in [1.82, 2.24) is 4.31 Å². The van der Waals surface area contributed by atoms with Gasteiger partial charge >= 0.3 is 0 Å².